The van der Waals surface area contributed by atoms with E-state index in [1.165, 1.54) is 43.4 Å². The number of nitriles is 1. The number of thiazole rings is 1. The molecule has 0 radical (unpaired) electrons. The molecule has 1 aromatic rings. The van der Waals surface area contributed by atoms with E-state index in [4.69, 9.17) is 16.9 Å². The summed E-state index contributed by atoms with van der Waals surface area (Å²) >= 11 is 7.14. The number of aromatic nitrogens is 1. The average molecular weight is 242 g/mol. The number of halogens is 1. The van der Waals surface area contributed by atoms with Crippen molar-refractivity contribution < 1.29 is 0 Å². The van der Waals surface area contributed by atoms with Crippen LogP contribution in [-0.4, -0.2) is 11.0 Å². The van der Waals surface area contributed by atoms with Crippen molar-refractivity contribution in [3.8, 4) is 6.07 Å². The monoisotopic (exact) mass is 241 g/mol. The molecule has 1 aliphatic rings. The van der Waals surface area contributed by atoms with Crippen molar-refractivity contribution in [2.75, 3.05) is 5.32 Å². The van der Waals surface area contributed by atoms with Gasteiger partial charge in [0.2, 0.25) is 0 Å². The van der Waals surface area contributed by atoms with Gasteiger partial charge in [-0.05, 0) is 12.8 Å². The maximum Gasteiger partial charge on any atom is 0.185 e. The third-order valence-electron chi connectivity index (χ3n) is 2.62. The number of nitrogens with one attached hydrogen (secondary N) is 1. The van der Waals surface area contributed by atoms with Crippen LogP contribution in [0.15, 0.2) is 0 Å². The molecule has 5 heteroatoms. The van der Waals surface area contributed by atoms with Gasteiger partial charge in [0, 0.05) is 6.04 Å². The highest BCUT2D eigenvalue weighted by molar-refractivity contribution is 7.16. The zero-order chi connectivity index (χ0) is 10.7. The fourth-order valence-corrected chi connectivity index (χ4v) is 2.88. The minimum Gasteiger partial charge on any atom is -0.359 e. The van der Waals surface area contributed by atoms with Crippen LogP contribution in [0.4, 0.5) is 5.13 Å². The molecule has 1 heterocycles. The molecule has 1 aromatic heterocycles. The Bertz CT molecular complexity index is 377. The lowest BCUT2D eigenvalue weighted by molar-refractivity contribution is 0.462. The molecule has 15 heavy (non-hydrogen) atoms. The van der Waals surface area contributed by atoms with Gasteiger partial charge in [-0.1, -0.05) is 42.2 Å². The van der Waals surface area contributed by atoms with Crippen LogP contribution >= 0.6 is 22.9 Å². The van der Waals surface area contributed by atoms with E-state index in [0.717, 1.165) is 5.13 Å². The van der Waals surface area contributed by atoms with Crippen molar-refractivity contribution in [2.45, 2.75) is 38.1 Å². The standard InChI is InChI=1S/C10H12ClN3S/c11-9-8(6-12)15-10(14-9)13-7-4-2-1-3-5-7/h7H,1-5H2,(H,13,14). The van der Waals surface area contributed by atoms with Gasteiger partial charge in [-0.15, -0.1) is 0 Å². The Balaban J connectivity index is 2.01. The van der Waals surface area contributed by atoms with Crippen LogP contribution in [-0.2, 0) is 0 Å². The molecular weight excluding hydrogens is 230 g/mol. The van der Waals surface area contributed by atoms with Gasteiger partial charge in [0.05, 0.1) is 0 Å². The lowest BCUT2D eigenvalue weighted by Crippen LogP contribution is -2.21. The smallest absolute Gasteiger partial charge is 0.185 e. The summed E-state index contributed by atoms with van der Waals surface area (Å²) in [5.74, 6) is 0. The van der Waals surface area contributed by atoms with E-state index in [1.807, 2.05) is 6.07 Å². The second kappa shape index (κ2) is 4.82. The van der Waals surface area contributed by atoms with Crippen LogP contribution in [0, 0.1) is 11.3 Å². The Morgan fingerprint density at radius 1 is 1.40 bits per heavy atom. The number of nitrogens with zero attached hydrogens (tertiary/aromatic N) is 2. The zero-order valence-corrected chi connectivity index (χ0v) is 9.87. The first-order chi connectivity index (χ1) is 7.29. The fourth-order valence-electron chi connectivity index (χ4n) is 1.85. The van der Waals surface area contributed by atoms with Gasteiger partial charge in [-0.25, -0.2) is 4.98 Å². The van der Waals surface area contributed by atoms with Crippen molar-refractivity contribution in [2.24, 2.45) is 0 Å². The van der Waals surface area contributed by atoms with Gasteiger partial charge in [0.1, 0.15) is 10.9 Å². The van der Waals surface area contributed by atoms with Gasteiger partial charge in [-0.3, -0.25) is 0 Å². The minimum atomic E-state index is 0.320. The van der Waals surface area contributed by atoms with Gasteiger partial charge in [0.25, 0.3) is 0 Å². The third-order valence-corrected chi connectivity index (χ3v) is 3.90. The lowest BCUT2D eigenvalue weighted by Gasteiger charge is -2.22. The first-order valence-electron chi connectivity index (χ1n) is 5.12. The SMILES string of the molecule is N#Cc1sc(NC2CCCCC2)nc1Cl. The highest BCUT2D eigenvalue weighted by atomic mass is 35.5. The van der Waals surface area contributed by atoms with E-state index in [2.05, 4.69) is 10.3 Å². The normalized spacial score (nSPS) is 17.3. The number of hydrogen-bond acceptors (Lipinski definition) is 4. The Kier molecular flexibility index (Phi) is 3.45. The summed E-state index contributed by atoms with van der Waals surface area (Å²) in [6.45, 7) is 0. The van der Waals surface area contributed by atoms with E-state index in [1.54, 1.807) is 0 Å². The molecule has 0 spiro atoms. The summed E-state index contributed by atoms with van der Waals surface area (Å²) in [6, 6.07) is 2.54. The highest BCUT2D eigenvalue weighted by Gasteiger charge is 2.16. The largest absolute Gasteiger partial charge is 0.359 e. The number of anilines is 1. The maximum absolute atomic E-state index is 8.75. The lowest BCUT2D eigenvalue weighted by atomic mass is 9.96. The summed E-state index contributed by atoms with van der Waals surface area (Å²) in [6.07, 6.45) is 6.28. The van der Waals surface area contributed by atoms with E-state index in [0.29, 0.717) is 16.1 Å². The summed E-state index contributed by atoms with van der Waals surface area (Å²) in [7, 11) is 0. The van der Waals surface area contributed by atoms with Crippen molar-refractivity contribution in [1.29, 1.82) is 5.26 Å². The van der Waals surface area contributed by atoms with E-state index < -0.39 is 0 Å². The quantitative estimate of drug-likeness (QED) is 0.863. The topological polar surface area (TPSA) is 48.7 Å². The molecule has 0 amide bonds. The van der Waals surface area contributed by atoms with Crippen LogP contribution in [0.1, 0.15) is 37.0 Å². The molecule has 0 atom stereocenters. The third kappa shape index (κ3) is 2.61. The van der Waals surface area contributed by atoms with Crippen LogP contribution in [0.3, 0.4) is 0 Å². The summed E-state index contributed by atoms with van der Waals surface area (Å²) < 4.78 is 0. The van der Waals surface area contributed by atoms with Crippen LogP contribution < -0.4 is 5.32 Å². The van der Waals surface area contributed by atoms with Gasteiger partial charge in [0.15, 0.2) is 10.3 Å². The molecule has 0 bridgehead atoms. The van der Waals surface area contributed by atoms with Crippen molar-refractivity contribution in [3.63, 3.8) is 0 Å². The van der Waals surface area contributed by atoms with Crippen LogP contribution in [0.25, 0.3) is 0 Å². The molecule has 0 saturated heterocycles. The van der Waals surface area contributed by atoms with Crippen molar-refractivity contribution in [1.82, 2.24) is 4.98 Å². The highest BCUT2D eigenvalue weighted by Crippen LogP contribution is 2.28. The average Bonchev–Trinajstić information content (AvgIpc) is 2.60. The molecule has 3 nitrogen and oxygen atoms in total. The van der Waals surface area contributed by atoms with Crippen molar-refractivity contribution >= 4 is 28.1 Å². The molecule has 1 aliphatic carbocycles. The fraction of sp³-hybridized carbons (Fsp3) is 0.600. The first-order valence-corrected chi connectivity index (χ1v) is 6.32. The molecule has 0 unspecified atom stereocenters. The van der Waals surface area contributed by atoms with Crippen LogP contribution in [0.5, 0.6) is 0 Å². The number of rotatable bonds is 2. The van der Waals surface area contributed by atoms with E-state index in [-0.39, 0.29) is 0 Å². The second-order valence-electron chi connectivity index (χ2n) is 3.73. The molecule has 0 aromatic carbocycles. The molecule has 1 saturated carbocycles. The van der Waals surface area contributed by atoms with E-state index in [9.17, 15) is 0 Å². The first kappa shape index (κ1) is 10.7. The Labute approximate surface area is 98.1 Å². The predicted octanol–water partition coefficient (Wildman–Crippen LogP) is 3.41. The summed E-state index contributed by atoms with van der Waals surface area (Å²) in [5.41, 5.74) is 0. The van der Waals surface area contributed by atoms with Gasteiger partial charge in [-0.2, -0.15) is 5.26 Å². The summed E-state index contributed by atoms with van der Waals surface area (Å²) in [4.78, 5) is 4.62. The molecule has 1 fully saturated rings. The van der Waals surface area contributed by atoms with Crippen LogP contribution in [0.2, 0.25) is 5.15 Å². The summed E-state index contributed by atoms with van der Waals surface area (Å²) in [5, 5.41) is 13.2. The Morgan fingerprint density at radius 3 is 2.73 bits per heavy atom. The molecule has 0 aliphatic heterocycles. The van der Waals surface area contributed by atoms with Gasteiger partial charge < -0.3 is 5.32 Å². The molecule has 1 N–H and O–H groups in total. The Hall–Kier alpha value is -0.790. The van der Waals surface area contributed by atoms with Gasteiger partial charge >= 0.3 is 0 Å². The second-order valence-corrected chi connectivity index (χ2v) is 5.09. The number of hydrogen-bond donors (Lipinski definition) is 1. The molecular formula is C10H12ClN3S. The molecule has 2 rings (SSSR count). The molecule has 80 valence electrons. The zero-order valence-electron chi connectivity index (χ0n) is 8.29. The minimum absolute atomic E-state index is 0.320. The maximum atomic E-state index is 8.75. The Morgan fingerprint density at radius 2 is 2.13 bits per heavy atom. The van der Waals surface area contributed by atoms with Crippen molar-refractivity contribution in [3.05, 3.63) is 10.0 Å². The van der Waals surface area contributed by atoms with E-state index >= 15 is 0 Å². The predicted molar refractivity (Wildman–Crippen MR) is 62.3 cm³/mol.